The molecule has 90 valence electrons. The number of hydrogen-bond donors (Lipinski definition) is 1. The number of amides is 1. The summed E-state index contributed by atoms with van der Waals surface area (Å²) in [6.45, 7) is 5.37. The topological polar surface area (TPSA) is 38.3 Å². The molecule has 0 bridgehead atoms. The zero-order valence-electron chi connectivity index (χ0n) is 9.46. The van der Waals surface area contributed by atoms with Crippen molar-refractivity contribution in [3.63, 3.8) is 0 Å². The summed E-state index contributed by atoms with van der Waals surface area (Å²) < 4.78 is 6.51. The zero-order chi connectivity index (χ0) is 12.0. The molecule has 0 radical (unpaired) electrons. The van der Waals surface area contributed by atoms with E-state index in [2.05, 4.69) is 27.9 Å². The van der Waals surface area contributed by atoms with Crippen molar-refractivity contribution in [1.82, 2.24) is 5.32 Å². The molecule has 0 aliphatic heterocycles. The van der Waals surface area contributed by atoms with Gasteiger partial charge >= 0.3 is 0 Å². The zero-order valence-corrected chi connectivity index (χ0v) is 12.4. The summed E-state index contributed by atoms with van der Waals surface area (Å²) in [6.07, 6.45) is 1.11. The van der Waals surface area contributed by atoms with Crippen molar-refractivity contribution in [2.24, 2.45) is 0 Å². The molecule has 1 amide bonds. The van der Waals surface area contributed by atoms with Crippen LogP contribution >= 0.6 is 33.9 Å². The third kappa shape index (κ3) is 5.27. The lowest BCUT2D eigenvalue weighted by Crippen LogP contribution is -2.25. The van der Waals surface area contributed by atoms with Gasteiger partial charge in [0.15, 0.2) is 0 Å². The molecule has 1 heterocycles. The van der Waals surface area contributed by atoms with Crippen LogP contribution in [0, 0.1) is 2.88 Å². The first-order chi connectivity index (χ1) is 7.59. The average molecular weight is 353 g/mol. The van der Waals surface area contributed by atoms with Crippen molar-refractivity contribution >= 4 is 39.8 Å². The van der Waals surface area contributed by atoms with Gasteiger partial charge in [-0.2, -0.15) is 0 Å². The van der Waals surface area contributed by atoms with E-state index in [1.807, 2.05) is 25.3 Å². The molecule has 5 heteroatoms. The Bertz CT molecular complexity index is 338. The van der Waals surface area contributed by atoms with Crippen LogP contribution in [0.5, 0.6) is 0 Å². The van der Waals surface area contributed by atoms with E-state index in [1.54, 1.807) is 11.3 Å². The van der Waals surface area contributed by atoms with E-state index in [-0.39, 0.29) is 12.0 Å². The van der Waals surface area contributed by atoms with Crippen LogP contribution in [-0.2, 0) is 4.74 Å². The highest BCUT2D eigenvalue weighted by Crippen LogP contribution is 2.16. The summed E-state index contributed by atoms with van der Waals surface area (Å²) in [5.41, 5.74) is 0.749. The molecule has 1 rings (SSSR count). The third-order valence-corrected chi connectivity index (χ3v) is 3.68. The normalized spacial score (nSPS) is 10.8. The first kappa shape index (κ1) is 13.9. The minimum atomic E-state index is 0.00344. The number of ether oxygens (including phenoxy) is 1. The number of carbonyl (C=O) groups is 1. The molecule has 1 aromatic rings. The van der Waals surface area contributed by atoms with Crippen molar-refractivity contribution in [3.05, 3.63) is 19.9 Å². The van der Waals surface area contributed by atoms with Crippen molar-refractivity contribution in [2.45, 2.75) is 26.4 Å². The van der Waals surface area contributed by atoms with Crippen molar-refractivity contribution in [2.75, 3.05) is 13.2 Å². The SMILES string of the molecule is CC(C)OCCCNC(=O)c1csc(I)c1. The minimum Gasteiger partial charge on any atom is -0.379 e. The number of hydrogen-bond acceptors (Lipinski definition) is 3. The van der Waals surface area contributed by atoms with Gasteiger partial charge in [-0.25, -0.2) is 0 Å². The van der Waals surface area contributed by atoms with Gasteiger partial charge in [-0.3, -0.25) is 4.79 Å². The molecule has 3 nitrogen and oxygen atoms in total. The second kappa shape index (κ2) is 7.24. The van der Waals surface area contributed by atoms with E-state index in [1.165, 1.54) is 0 Å². The van der Waals surface area contributed by atoms with Gasteiger partial charge in [0.05, 0.1) is 14.6 Å². The van der Waals surface area contributed by atoms with Gasteiger partial charge in [0.1, 0.15) is 0 Å². The lowest BCUT2D eigenvalue weighted by atomic mass is 10.3. The highest BCUT2D eigenvalue weighted by molar-refractivity contribution is 14.1. The third-order valence-electron chi connectivity index (χ3n) is 1.89. The quantitative estimate of drug-likeness (QED) is 0.631. The Labute approximate surface area is 114 Å². The van der Waals surface area contributed by atoms with Crippen LogP contribution in [-0.4, -0.2) is 25.2 Å². The smallest absolute Gasteiger partial charge is 0.252 e. The van der Waals surface area contributed by atoms with Crippen LogP contribution < -0.4 is 5.32 Å². The van der Waals surface area contributed by atoms with Crippen LogP contribution in [0.25, 0.3) is 0 Å². The maximum absolute atomic E-state index is 11.6. The maximum atomic E-state index is 11.6. The summed E-state index contributed by atoms with van der Waals surface area (Å²) in [5, 5.41) is 4.75. The van der Waals surface area contributed by atoms with Gasteiger partial charge in [0, 0.05) is 18.5 Å². The molecule has 0 atom stereocenters. The van der Waals surface area contributed by atoms with Gasteiger partial charge < -0.3 is 10.1 Å². The van der Waals surface area contributed by atoms with E-state index >= 15 is 0 Å². The molecule has 0 aliphatic rings. The van der Waals surface area contributed by atoms with Gasteiger partial charge in [-0.15, -0.1) is 11.3 Å². The van der Waals surface area contributed by atoms with Crippen LogP contribution in [0.4, 0.5) is 0 Å². The fourth-order valence-electron chi connectivity index (χ4n) is 1.12. The molecule has 0 aromatic carbocycles. The van der Waals surface area contributed by atoms with E-state index in [4.69, 9.17) is 4.74 Å². The lowest BCUT2D eigenvalue weighted by molar-refractivity contribution is 0.0757. The van der Waals surface area contributed by atoms with Gasteiger partial charge in [-0.05, 0) is 48.9 Å². The Balaban J connectivity index is 2.16. The summed E-state index contributed by atoms with van der Waals surface area (Å²) in [6, 6.07) is 1.89. The largest absolute Gasteiger partial charge is 0.379 e. The predicted octanol–water partition coefficient (Wildman–Crippen LogP) is 2.90. The van der Waals surface area contributed by atoms with Gasteiger partial charge in [-0.1, -0.05) is 0 Å². The molecule has 16 heavy (non-hydrogen) atoms. The Hall–Kier alpha value is -0.140. The molecular formula is C11H16INO2S. The lowest BCUT2D eigenvalue weighted by Gasteiger charge is -2.07. The molecule has 0 aliphatic carbocycles. The van der Waals surface area contributed by atoms with E-state index in [9.17, 15) is 4.79 Å². The highest BCUT2D eigenvalue weighted by atomic mass is 127. The number of carbonyl (C=O) groups excluding carboxylic acids is 1. The number of thiophene rings is 1. The summed E-state index contributed by atoms with van der Waals surface area (Å²) in [7, 11) is 0. The van der Waals surface area contributed by atoms with Crippen molar-refractivity contribution < 1.29 is 9.53 Å². The summed E-state index contributed by atoms with van der Waals surface area (Å²) in [5.74, 6) is 0.00344. The second-order valence-electron chi connectivity index (χ2n) is 3.67. The van der Waals surface area contributed by atoms with Gasteiger partial charge in [0.25, 0.3) is 5.91 Å². The monoisotopic (exact) mass is 353 g/mol. The Morgan fingerprint density at radius 3 is 2.94 bits per heavy atom. The standard InChI is InChI=1S/C11H16INO2S/c1-8(2)15-5-3-4-13-11(14)9-6-10(12)16-7-9/h6-8H,3-5H2,1-2H3,(H,13,14). The second-order valence-corrected chi connectivity index (χ2v) is 6.47. The first-order valence-electron chi connectivity index (χ1n) is 5.23. The first-order valence-corrected chi connectivity index (χ1v) is 7.19. The molecule has 0 unspecified atom stereocenters. The predicted molar refractivity (Wildman–Crippen MR) is 75.1 cm³/mol. The summed E-state index contributed by atoms with van der Waals surface area (Å²) in [4.78, 5) is 11.6. The van der Waals surface area contributed by atoms with Crippen LogP contribution in [0.3, 0.4) is 0 Å². The fraction of sp³-hybridized carbons (Fsp3) is 0.545. The molecule has 0 saturated heterocycles. The Kier molecular flexibility index (Phi) is 6.30. The van der Waals surface area contributed by atoms with Gasteiger partial charge in [0.2, 0.25) is 0 Å². The van der Waals surface area contributed by atoms with Crippen molar-refractivity contribution in [1.29, 1.82) is 0 Å². The van der Waals surface area contributed by atoms with Crippen LogP contribution in [0.1, 0.15) is 30.6 Å². The molecule has 1 aromatic heterocycles. The van der Waals surface area contributed by atoms with Crippen molar-refractivity contribution in [3.8, 4) is 0 Å². The highest BCUT2D eigenvalue weighted by Gasteiger charge is 2.06. The van der Waals surface area contributed by atoms with E-state index < -0.39 is 0 Å². The van der Waals surface area contributed by atoms with E-state index in [0.717, 1.165) is 14.9 Å². The molecule has 0 spiro atoms. The van der Waals surface area contributed by atoms with Crippen LogP contribution in [0.2, 0.25) is 0 Å². The minimum absolute atomic E-state index is 0.00344. The average Bonchev–Trinajstić information content (AvgIpc) is 2.63. The maximum Gasteiger partial charge on any atom is 0.252 e. The number of halogens is 1. The number of nitrogens with one attached hydrogen (secondary N) is 1. The van der Waals surface area contributed by atoms with E-state index in [0.29, 0.717) is 13.2 Å². The Morgan fingerprint density at radius 1 is 1.62 bits per heavy atom. The number of rotatable bonds is 6. The molecule has 0 fully saturated rings. The molecule has 0 saturated carbocycles. The van der Waals surface area contributed by atoms with Crippen LogP contribution in [0.15, 0.2) is 11.4 Å². The molecular weight excluding hydrogens is 337 g/mol. The summed E-state index contributed by atoms with van der Waals surface area (Å²) >= 11 is 3.79. The fourth-order valence-corrected chi connectivity index (χ4v) is 2.45. The Morgan fingerprint density at radius 2 is 2.38 bits per heavy atom. The molecule has 1 N–H and O–H groups in total.